The lowest BCUT2D eigenvalue weighted by Gasteiger charge is -2.19. The van der Waals surface area contributed by atoms with Crippen molar-refractivity contribution in [2.24, 2.45) is 5.41 Å². The number of nitrogens with zero attached hydrogens (tertiary/aromatic N) is 1. The molecule has 186 valence electrons. The molecule has 0 bridgehead atoms. The van der Waals surface area contributed by atoms with Crippen LogP contribution >= 0.6 is 0 Å². The summed E-state index contributed by atoms with van der Waals surface area (Å²) in [5.74, 6) is -0.184. The van der Waals surface area contributed by atoms with Gasteiger partial charge in [0.2, 0.25) is 0 Å². The molecule has 0 atom stereocenters. The summed E-state index contributed by atoms with van der Waals surface area (Å²) >= 11 is 0. The molecule has 3 heterocycles. The highest BCUT2D eigenvalue weighted by Gasteiger charge is 2.36. The summed E-state index contributed by atoms with van der Waals surface area (Å²) in [5.41, 5.74) is 10.3. The second kappa shape index (κ2) is 9.11. The first kappa shape index (κ1) is 23.4. The van der Waals surface area contributed by atoms with Crippen molar-refractivity contribution in [1.82, 2.24) is 4.57 Å². The molecule has 5 aromatic rings. The number of fused-ring (bicyclic) bond motifs is 2. The number of ether oxygens (including phenoxy) is 1. The lowest BCUT2D eigenvalue weighted by atomic mass is 9.86. The van der Waals surface area contributed by atoms with Crippen molar-refractivity contribution in [3.8, 4) is 33.4 Å². The summed E-state index contributed by atoms with van der Waals surface area (Å²) in [6.45, 7) is 7.73. The molecule has 37 heavy (non-hydrogen) atoms. The van der Waals surface area contributed by atoms with Crippen molar-refractivity contribution in [1.29, 1.82) is 0 Å². The molecule has 0 aliphatic carbocycles. The Kier molecular flexibility index (Phi) is 5.75. The number of carbonyl (C=O) groups is 1. The Morgan fingerprint density at radius 2 is 1.59 bits per heavy atom. The third-order valence-corrected chi connectivity index (χ3v) is 7.35. The average molecular weight is 490 g/mol. The zero-order valence-electron chi connectivity index (χ0n) is 21.6. The van der Waals surface area contributed by atoms with E-state index in [1.165, 1.54) is 16.8 Å². The van der Waals surface area contributed by atoms with E-state index in [0.29, 0.717) is 6.61 Å². The molecule has 4 nitrogen and oxygen atoms in total. The highest BCUT2D eigenvalue weighted by Crippen LogP contribution is 2.47. The van der Waals surface area contributed by atoms with Crippen LogP contribution in [0.25, 0.3) is 44.3 Å². The van der Waals surface area contributed by atoms with Gasteiger partial charge in [0, 0.05) is 34.4 Å². The lowest BCUT2D eigenvalue weighted by molar-refractivity contribution is -0.142. The lowest BCUT2D eigenvalue weighted by Crippen LogP contribution is -2.16. The maximum atomic E-state index is 12.8. The smallest absolute Gasteiger partial charge is 0.311 e. The first-order chi connectivity index (χ1) is 17.9. The van der Waals surface area contributed by atoms with Crippen LogP contribution in [0.5, 0.6) is 0 Å². The van der Waals surface area contributed by atoms with Gasteiger partial charge in [0.1, 0.15) is 5.58 Å². The van der Waals surface area contributed by atoms with Crippen LogP contribution in [0.3, 0.4) is 0 Å². The standard InChI is InChI=1S/C33H31NO3/c1-4-36-30(35)19-27-31(32(24-8-6-5-7-9-24)28-20-33(2,3)21-34(27)28)25-13-10-22(11-14-25)26-15-12-23-16-17-37-29(23)18-26/h5-18H,4,19-21H2,1-3H3. The minimum atomic E-state index is -0.184. The Morgan fingerprint density at radius 1 is 0.892 bits per heavy atom. The van der Waals surface area contributed by atoms with E-state index >= 15 is 0 Å². The highest BCUT2D eigenvalue weighted by atomic mass is 16.5. The molecule has 6 rings (SSSR count). The monoisotopic (exact) mass is 489 g/mol. The van der Waals surface area contributed by atoms with E-state index in [4.69, 9.17) is 9.15 Å². The van der Waals surface area contributed by atoms with Gasteiger partial charge in [-0.1, -0.05) is 80.6 Å². The maximum Gasteiger partial charge on any atom is 0.311 e. The van der Waals surface area contributed by atoms with Gasteiger partial charge in [-0.05, 0) is 53.1 Å². The van der Waals surface area contributed by atoms with Crippen LogP contribution in [0, 0.1) is 5.41 Å². The Bertz CT molecular complexity index is 1590. The second-order valence-electron chi connectivity index (χ2n) is 10.7. The molecule has 0 saturated carbocycles. The molecule has 2 aromatic heterocycles. The Hall–Kier alpha value is -4.05. The van der Waals surface area contributed by atoms with Gasteiger partial charge < -0.3 is 13.7 Å². The molecule has 0 unspecified atom stereocenters. The van der Waals surface area contributed by atoms with Crippen molar-refractivity contribution in [3.05, 3.63) is 96.5 Å². The molecule has 0 saturated heterocycles. The molecule has 1 aliphatic rings. The number of esters is 1. The Morgan fingerprint density at radius 3 is 2.35 bits per heavy atom. The number of benzene rings is 3. The predicted octanol–water partition coefficient (Wildman–Crippen LogP) is 7.92. The third kappa shape index (κ3) is 4.27. The summed E-state index contributed by atoms with van der Waals surface area (Å²) in [6.07, 6.45) is 2.95. The van der Waals surface area contributed by atoms with Crippen molar-refractivity contribution >= 4 is 16.9 Å². The molecule has 0 fully saturated rings. The van der Waals surface area contributed by atoms with E-state index in [1.54, 1.807) is 6.26 Å². The van der Waals surface area contributed by atoms with E-state index in [9.17, 15) is 4.79 Å². The highest BCUT2D eigenvalue weighted by molar-refractivity contribution is 5.91. The van der Waals surface area contributed by atoms with E-state index in [1.807, 2.05) is 19.1 Å². The molecular weight excluding hydrogens is 458 g/mol. The molecule has 4 heteroatoms. The van der Waals surface area contributed by atoms with Gasteiger partial charge in [0.15, 0.2) is 0 Å². The number of hydrogen-bond donors (Lipinski definition) is 0. The number of aromatic nitrogens is 1. The quantitative estimate of drug-likeness (QED) is 0.228. The minimum absolute atomic E-state index is 0.134. The van der Waals surface area contributed by atoms with Gasteiger partial charge in [-0.25, -0.2) is 0 Å². The van der Waals surface area contributed by atoms with Crippen LogP contribution in [0.1, 0.15) is 32.2 Å². The van der Waals surface area contributed by atoms with Gasteiger partial charge in [-0.15, -0.1) is 0 Å². The molecule has 0 radical (unpaired) electrons. The zero-order chi connectivity index (χ0) is 25.6. The third-order valence-electron chi connectivity index (χ3n) is 7.35. The fourth-order valence-electron chi connectivity index (χ4n) is 5.76. The van der Waals surface area contributed by atoms with E-state index in [0.717, 1.165) is 51.9 Å². The minimum Gasteiger partial charge on any atom is -0.466 e. The van der Waals surface area contributed by atoms with Gasteiger partial charge in [-0.2, -0.15) is 0 Å². The Balaban J connectivity index is 1.50. The van der Waals surface area contributed by atoms with Gasteiger partial charge in [0.25, 0.3) is 0 Å². The zero-order valence-corrected chi connectivity index (χ0v) is 21.6. The summed E-state index contributed by atoms with van der Waals surface area (Å²) in [6, 6.07) is 27.5. The Labute approximate surface area is 217 Å². The van der Waals surface area contributed by atoms with Gasteiger partial charge >= 0.3 is 5.97 Å². The van der Waals surface area contributed by atoms with Crippen LogP contribution in [-0.2, 0) is 28.9 Å². The predicted molar refractivity (Wildman–Crippen MR) is 148 cm³/mol. The summed E-state index contributed by atoms with van der Waals surface area (Å²) < 4.78 is 13.4. The number of carbonyl (C=O) groups excluding carboxylic acids is 1. The van der Waals surface area contributed by atoms with Crippen LogP contribution in [0.2, 0.25) is 0 Å². The fourth-order valence-corrected chi connectivity index (χ4v) is 5.76. The summed E-state index contributed by atoms with van der Waals surface area (Å²) in [5, 5.41) is 1.10. The largest absolute Gasteiger partial charge is 0.466 e. The molecule has 0 N–H and O–H groups in total. The van der Waals surface area contributed by atoms with Crippen LogP contribution in [-0.4, -0.2) is 17.1 Å². The van der Waals surface area contributed by atoms with Crippen LogP contribution in [0.15, 0.2) is 89.5 Å². The van der Waals surface area contributed by atoms with Gasteiger partial charge in [-0.3, -0.25) is 4.79 Å². The number of furan rings is 1. The molecule has 3 aromatic carbocycles. The summed E-state index contributed by atoms with van der Waals surface area (Å²) in [4.78, 5) is 12.8. The SMILES string of the molecule is CCOC(=O)Cc1c(-c2ccc(-c3ccc4ccoc4c3)cc2)c(-c2ccccc2)c2n1CC(C)(C)C2. The van der Waals surface area contributed by atoms with Gasteiger partial charge in [0.05, 0.1) is 19.3 Å². The molecule has 0 spiro atoms. The maximum absolute atomic E-state index is 12.8. The second-order valence-corrected chi connectivity index (χ2v) is 10.7. The van der Waals surface area contributed by atoms with Crippen LogP contribution < -0.4 is 0 Å². The normalized spacial score (nSPS) is 14.1. The van der Waals surface area contributed by atoms with E-state index in [-0.39, 0.29) is 17.8 Å². The number of rotatable bonds is 6. The van der Waals surface area contributed by atoms with Crippen LogP contribution in [0.4, 0.5) is 0 Å². The molecule has 0 amide bonds. The van der Waals surface area contributed by atoms with E-state index in [2.05, 4.69) is 85.1 Å². The average Bonchev–Trinajstić information content (AvgIpc) is 3.56. The number of hydrogen-bond acceptors (Lipinski definition) is 3. The fraction of sp³-hybridized carbons (Fsp3) is 0.242. The first-order valence-electron chi connectivity index (χ1n) is 13.0. The molecule has 1 aliphatic heterocycles. The molecular formula is C33H31NO3. The van der Waals surface area contributed by atoms with E-state index < -0.39 is 0 Å². The van der Waals surface area contributed by atoms with Crippen molar-refractivity contribution in [2.45, 2.75) is 40.2 Å². The first-order valence-corrected chi connectivity index (χ1v) is 13.0. The topological polar surface area (TPSA) is 44.4 Å². The van der Waals surface area contributed by atoms with Crippen molar-refractivity contribution in [3.63, 3.8) is 0 Å². The van der Waals surface area contributed by atoms with Crippen molar-refractivity contribution < 1.29 is 13.9 Å². The van der Waals surface area contributed by atoms with Crippen molar-refractivity contribution in [2.75, 3.05) is 6.61 Å². The summed E-state index contributed by atoms with van der Waals surface area (Å²) in [7, 11) is 0.